The normalized spacial score (nSPS) is 11.4. The number of rotatable bonds is 13. The average Bonchev–Trinajstić information content (AvgIpc) is 3.33. The van der Waals surface area contributed by atoms with Crippen molar-refractivity contribution < 1.29 is 14.3 Å². The SMILES string of the molecule is CSc1nc(-c2cccc(NC(=O)CCc3ccccc3)c2)c(-c2ccnc(NC(C)=O)c2)n1COCC[Si](C)(C)C. The molecule has 0 saturated heterocycles. The molecule has 0 unspecified atom stereocenters. The lowest BCUT2D eigenvalue weighted by Gasteiger charge is -2.17. The van der Waals surface area contributed by atoms with Crippen molar-refractivity contribution in [3.63, 3.8) is 0 Å². The van der Waals surface area contributed by atoms with Gasteiger partial charge >= 0.3 is 0 Å². The summed E-state index contributed by atoms with van der Waals surface area (Å²) in [7, 11) is -1.25. The maximum Gasteiger partial charge on any atom is 0.224 e. The van der Waals surface area contributed by atoms with E-state index in [-0.39, 0.29) is 11.8 Å². The minimum atomic E-state index is -1.25. The third-order valence-electron chi connectivity index (χ3n) is 6.57. The van der Waals surface area contributed by atoms with Crippen LogP contribution in [0.2, 0.25) is 25.7 Å². The maximum atomic E-state index is 12.8. The Morgan fingerprint density at radius 1 is 0.976 bits per heavy atom. The number of carbonyl (C=O) groups excluding carboxylic acids is 2. The van der Waals surface area contributed by atoms with Crippen molar-refractivity contribution >= 4 is 43.2 Å². The van der Waals surface area contributed by atoms with Gasteiger partial charge in [0.2, 0.25) is 11.8 Å². The van der Waals surface area contributed by atoms with Crippen LogP contribution in [0.4, 0.5) is 11.5 Å². The second-order valence-electron chi connectivity index (χ2n) is 11.3. The van der Waals surface area contributed by atoms with Crippen molar-refractivity contribution in [2.45, 2.75) is 57.3 Å². The van der Waals surface area contributed by atoms with Gasteiger partial charge in [-0.15, -0.1) is 0 Å². The van der Waals surface area contributed by atoms with Crippen LogP contribution in [0.1, 0.15) is 18.9 Å². The first kappa shape index (κ1) is 31.2. The summed E-state index contributed by atoms with van der Waals surface area (Å²) in [6.07, 6.45) is 4.74. The first-order chi connectivity index (χ1) is 20.1. The highest BCUT2D eigenvalue weighted by atomic mass is 32.2. The van der Waals surface area contributed by atoms with Crippen molar-refractivity contribution in [3.05, 3.63) is 78.5 Å². The van der Waals surface area contributed by atoms with Crippen LogP contribution in [0.25, 0.3) is 22.5 Å². The summed E-state index contributed by atoms with van der Waals surface area (Å²) in [5.74, 6) is 0.225. The molecule has 0 aliphatic heterocycles. The highest BCUT2D eigenvalue weighted by Crippen LogP contribution is 2.37. The van der Waals surface area contributed by atoms with Crippen LogP contribution in [0.5, 0.6) is 0 Å². The molecule has 2 amide bonds. The van der Waals surface area contributed by atoms with E-state index in [9.17, 15) is 9.59 Å². The molecule has 2 aromatic heterocycles. The Bertz CT molecular complexity index is 1520. The zero-order chi connectivity index (χ0) is 30.1. The number of thioether (sulfide) groups is 1. The summed E-state index contributed by atoms with van der Waals surface area (Å²) in [5, 5.41) is 6.63. The molecule has 4 rings (SSSR count). The monoisotopic (exact) mass is 601 g/mol. The van der Waals surface area contributed by atoms with Crippen molar-refractivity contribution in [2.24, 2.45) is 0 Å². The summed E-state index contributed by atoms with van der Waals surface area (Å²) >= 11 is 1.54. The van der Waals surface area contributed by atoms with Gasteiger partial charge in [0.05, 0.1) is 11.4 Å². The Morgan fingerprint density at radius 2 is 1.76 bits per heavy atom. The van der Waals surface area contributed by atoms with E-state index in [2.05, 4.69) is 39.8 Å². The number of nitrogens with one attached hydrogen (secondary N) is 2. The van der Waals surface area contributed by atoms with E-state index >= 15 is 0 Å². The minimum Gasteiger partial charge on any atom is -0.361 e. The molecular weight excluding hydrogens is 563 g/mol. The quantitative estimate of drug-likeness (QED) is 0.0957. The number of nitrogens with zero attached hydrogens (tertiary/aromatic N) is 3. The number of aromatic nitrogens is 3. The van der Waals surface area contributed by atoms with E-state index < -0.39 is 8.07 Å². The number of hydrogen-bond donors (Lipinski definition) is 2. The molecule has 0 radical (unpaired) electrons. The van der Waals surface area contributed by atoms with Gasteiger partial charge in [0.1, 0.15) is 12.5 Å². The third kappa shape index (κ3) is 8.88. The first-order valence-corrected chi connectivity index (χ1v) is 19.0. The van der Waals surface area contributed by atoms with Crippen LogP contribution >= 0.6 is 11.8 Å². The number of carbonyl (C=O) groups is 2. The zero-order valence-corrected chi connectivity index (χ0v) is 26.8. The number of amides is 2. The Hall–Kier alpha value is -3.73. The van der Waals surface area contributed by atoms with E-state index in [1.807, 2.05) is 73.0 Å². The Morgan fingerprint density at radius 3 is 2.48 bits per heavy atom. The van der Waals surface area contributed by atoms with E-state index in [4.69, 9.17) is 9.72 Å². The number of ether oxygens (including phenoxy) is 1. The predicted molar refractivity (Wildman–Crippen MR) is 174 cm³/mol. The van der Waals surface area contributed by atoms with Gasteiger partial charge in [-0.05, 0) is 48.5 Å². The molecule has 220 valence electrons. The van der Waals surface area contributed by atoms with Gasteiger partial charge in [0, 0.05) is 51.0 Å². The second-order valence-corrected chi connectivity index (χ2v) is 17.7. The van der Waals surface area contributed by atoms with Crippen LogP contribution in [-0.4, -0.2) is 47.3 Å². The summed E-state index contributed by atoms with van der Waals surface area (Å²) in [5.41, 5.74) is 5.16. The molecule has 0 bridgehead atoms. The first-order valence-electron chi connectivity index (χ1n) is 14.0. The summed E-state index contributed by atoms with van der Waals surface area (Å²) in [4.78, 5) is 33.9. The Kier molecular flexibility index (Phi) is 10.7. The lowest BCUT2D eigenvalue weighted by atomic mass is 10.0. The van der Waals surface area contributed by atoms with Gasteiger partial charge in [-0.3, -0.25) is 14.2 Å². The van der Waals surface area contributed by atoms with Gasteiger partial charge in [0.15, 0.2) is 5.16 Å². The Labute approximate surface area is 253 Å². The molecule has 2 N–H and O–H groups in total. The van der Waals surface area contributed by atoms with Crippen molar-refractivity contribution in [1.82, 2.24) is 14.5 Å². The summed E-state index contributed by atoms with van der Waals surface area (Å²) in [6, 6.07) is 22.5. The second kappa shape index (κ2) is 14.4. The highest BCUT2D eigenvalue weighted by molar-refractivity contribution is 7.98. The summed E-state index contributed by atoms with van der Waals surface area (Å²) < 4.78 is 8.26. The number of anilines is 2. The summed E-state index contributed by atoms with van der Waals surface area (Å²) in [6.45, 7) is 9.47. The van der Waals surface area contributed by atoms with Crippen molar-refractivity contribution in [2.75, 3.05) is 23.5 Å². The van der Waals surface area contributed by atoms with Crippen LogP contribution in [0, 0.1) is 0 Å². The molecule has 0 aliphatic carbocycles. The molecule has 2 heterocycles. The molecular formula is C32H39N5O3SSi. The number of pyridine rings is 1. The van der Waals surface area contributed by atoms with E-state index in [0.717, 1.165) is 39.3 Å². The molecule has 0 atom stereocenters. The third-order valence-corrected chi connectivity index (χ3v) is 8.95. The molecule has 0 aliphatic rings. The standard InChI is InChI=1S/C32H39N5O3SSi/c1-23(38)34-28-21-26(16-17-33-28)31-30(36-32(41-2)37(31)22-40-18-19-42(3,4)5)25-12-9-13-27(20-25)35-29(39)15-14-24-10-7-6-8-11-24/h6-13,16-17,20-21H,14-15,18-19,22H2,1-5H3,(H,35,39)(H,33,34,38). The van der Waals surface area contributed by atoms with Crippen LogP contribution < -0.4 is 10.6 Å². The molecule has 8 nitrogen and oxygen atoms in total. The molecule has 0 fully saturated rings. The van der Waals surface area contributed by atoms with Crippen LogP contribution in [-0.2, 0) is 27.5 Å². The van der Waals surface area contributed by atoms with Gasteiger partial charge in [0.25, 0.3) is 0 Å². The molecule has 2 aromatic carbocycles. The fourth-order valence-corrected chi connectivity index (χ4v) is 5.74. The number of imidazole rings is 1. The van der Waals surface area contributed by atoms with E-state index in [0.29, 0.717) is 37.7 Å². The number of hydrogen-bond acceptors (Lipinski definition) is 6. The topological polar surface area (TPSA) is 98.1 Å². The lowest BCUT2D eigenvalue weighted by molar-refractivity contribution is -0.116. The number of benzene rings is 2. The van der Waals surface area contributed by atoms with Crippen molar-refractivity contribution in [3.8, 4) is 22.5 Å². The smallest absolute Gasteiger partial charge is 0.224 e. The molecule has 0 saturated carbocycles. The van der Waals surface area contributed by atoms with Crippen LogP contribution in [0.3, 0.4) is 0 Å². The average molecular weight is 602 g/mol. The molecule has 0 spiro atoms. The highest BCUT2D eigenvalue weighted by Gasteiger charge is 2.22. The molecule has 4 aromatic rings. The van der Waals surface area contributed by atoms with Gasteiger partial charge in [-0.2, -0.15) is 0 Å². The Balaban J connectivity index is 1.66. The molecule has 10 heteroatoms. The largest absolute Gasteiger partial charge is 0.361 e. The fraction of sp³-hybridized carbons (Fsp3) is 0.312. The minimum absolute atomic E-state index is 0.0450. The van der Waals surface area contributed by atoms with Gasteiger partial charge in [-0.1, -0.05) is 73.9 Å². The molecule has 42 heavy (non-hydrogen) atoms. The van der Waals surface area contributed by atoms with Gasteiger partial charge in [-0.25, -0.2) is 9.97 Å². The zero-order valence-electron chi connectivity index (χ0n) is 24.9. The predicted octanol–water partition coefficient (Wildman–Crippen LogP) is 7.18. The van der Waals surface area contributed by atoms with Crippen molar-refractivity contribution in [1.29, 1.82) is 0 Å². The fourth-order valence-electron chi connectivity index (χ4n) is 4.43. The maximum absolute atomic E-state index is 12.8. The van der Waals surface area contributed by atoms with E-state index in [1.165, 1.54) is 6.92 Å². The van der Waals surface area contributed by atoms with Crippen LogP contribution in [0.15, 0.2) is 78.1 Å². The lowest BCUT2D eigenvalue weighted by Crippen LogP contribution is -2.22. The number of aryl methyl sites for hydroxylation is 1. The van der Waals surface area contributed by atoms with Gasteiger partial charge < -0.3 is 15.4 Å². The van der Waals surface area contributed by atoms with E-state index in [1.54, 1.807) is 18.0 Å².